The molecule has 0 aliphatic carbocycles. The zero-order chi connectivity index (χ0) is 36.9. The van der Waals surface area contributed by atoms with Crippen LogP contribution in [0.3, 0.4) is 0 Å². The Bertz CT molecular complexity index is 2650. The van der Waals surface area contributed by atoms with Crippen molar-refractivity contribution in [1.29, 1.82) is 5.26 Å². The lowest BCUT2D eigenvalue weighted by molar-refractivity contribution is -0.142. The van der Waals surface area contributed by atoms with Gasteiger partial charge in [0.1, 0.15) is 0 Å². The van der Waals surface area contributed by atoms with E-state index in [1.165, 1.54) is 6.07 Å². The SMILES string of the molecule is N#Cc1ccc2c(c1)c1ccccc1n2-c1ccc(-c2nc(-c3ccccc3)nc(-c3ccccc3)n2)c(-c2ccc(C(F)(F)F)cc2C(F)(F)F)c1. The number of hydrogen-bond donors (Lipinski definition) is 0. The highest BCUT2D eigenvalue weighted by atomic mass is 19.4. The van der Waals surface area contributed by atoms with Crippen LogP contribution >= 0.6 is 0 Å². The van der Waals surface area contributed by atoms with E-state index < -0.39 is 29.0 Å². The van der Waals surface area contributed by atoms with E-state index in [2.05, 4.69) is 11.1 Å². The Morgan fingerprint density at radius 3 is 1.70 bits per heavy atom. The topological polar surface area (TPSA) is 67.4 Å². The summed E-state index contributed by atoms with van der Waals surface area (Å²) in [6.45, 7) is 0. The number of halogens is 6. The summed E-state index contributed by atoms with van der Waals surface area (Å²) >= 11 is 0. The Morgan fingerprint density at radius 2 is 1.08 bits per heavy atom. The summed E-state index contributed by atoms with van der Waals surface area (Å²) in [5.41, 5.74) is 0.184. The molecule has 0 saturated carbocycles. The third kappa shape index (κ3) is 6.14. The van der Waals surface area contributed by atoms with Crippen LogP contribution in [0.2, 0.25) is 0 Å². The van der Waals surface area contributed by atoms with Crippen molar-refractivity contribution >= 4 is 21.8 Å². The van der Waals surface area contributed by atoms with Gasteiger partial charge in [-0.05, 0) is 65.7 Å². The van der Waals surface area contributed by atoms with Gasteiger partial charge in [0.05, 0.1) is 33.8 Å². The first-order valence-electron chi connectivity index (χ1n) is 16.2. The summed E-state index contributed by atoms with van der Waals surface area (Å²) in [5.74, 6) is 0.528. The molecule has 6 aromatic carbocycles. The molecule has 0 unspecified atom stereocenters. The van der Waals surface area contributed by atoms with Gasteiger partial charge in [0.2, 0.25) is 0 Å². The summed E-state index contributed by atoms with van der Waals surface area (Å²) in [6, 6.07) is 39.0. The van der Waals surface area contributed by atoms with Crippen LogP contribution in [0.1, 0.15) is 16.7 Å². The van der Waals surface area contributed by atoms with E-state index >= 15 is 0 Å². The fraction of sp³-hybridized carbons (Fsp3) is 0.0476. The Kier molecular flexibility index (Phi) is 8.03. The van der Waals surface area contributed by atoms with Crippen molar-refractivity contribution in [3.8, 4) is 57.0 Å². The molecule has 8 rings (SSSR count). The number of hydrogen-bond acceptors (Lipinski definition) is 4. The predicted molar refractivity (Wildman–Crippen MR) is 191 cm³/mol. The van der Waals surface area contributed by atoms with Gasteiger partial charge in [0, 0.05) is 33.2 Å². The number of fused-ring (bicyclic) bond motifs is 3. The Labute approximate surface area is 298 Å². The van der Waals surface area contributed by atoms with Gasteiger partial charge in [-0.2, -0.15) is 31.6 Å². The molecule has 5 nitrogen and oxygen atoms in total. The van der Waals surface area contributed by atoms with Crippen LogP contribution in [-0.2, 0) is 12.4 Å². The van der Waals surface area contributed by atoms with Crippen molar-refractivity contribution in [3.63, 3.8) is 0 Å². The Morgan fingerprint density at radius 1 is 0.491 bits per heavy atom. The summed E-state index contributed by atoms with van der Waals surface area (Å²) in [6.07, 6.45) is -10.2. The van der Waals surface area contributed by atoms with Crippen molar-refractivity contribution in [2.24, 2.45) is 0 Å². The van der Waals surface area contributed by atoms with Crippen LogP contribution in [0.5, 0.6) is 0 Å². The van der Waals surface area contributed by atoms with E-state index in [-0.39, 0.29) is 34.7 Å². The molecule has 0 bridgehead atoms. The number of alkyl halides is 6. The molecule has 258 valence electrons. The number of nitriles is 1. The molecule has 11 heteroatoms. The van der Waals surface area contributed by atoms with Crippen LogP contribution in [0.15, 0.2) is 140 Å². The van der Waals surface area contributed by atoms with Gasteiger partial charge >= 0.3 is 12.4 Å². The zero-order valence-electron chi connectivity index (χ0n) is 27.3. The molecule has 0 spiro atoms. The molecule has 0 fully saturated rings. The molecular weight excluding hydrogens is 688 g/mol. The molecule has 0 aliphatic rings. The average Bonchev–Trinajstić information content (AvgIpc) is 3.51. The van der Waals surface area contributed by atoms with Crippen LogP contribution in [0.4, 0.5) is 26.3 Å². The molecule has 0 amide bonds. The number of aromatic nitrogens is 4. The van der Waals surface area contributed by atoms with E-state index in [9.17, 15) is 31.6 Å². The average molecular weight is 712 g/mol. The molecule has 2 aromatic heterocycles. The third-order valence-electron chi connectivity index (χ3n) is 8.95. The maximum Gasteiger partial charge on any atom is 0.417 e. The molecule has 8 aromatic rings. The summed E-state index contributed by atoms with van der Waals surface area (Å²) in [5, 5.41) is 11.1. The minimum Gasteiger partial charge on any atom is -0.309 e. The molecule has 0 atom stereocenters. The second kappa shape index (κ2) is 12.8. The molecule has 0 aliphatic heterocycles. The van der Waals surface area contributed by atoms with Gasteiger partial charge < -0.3 is 4.57 Å². The summed E-state index contributed by atoms with van der Waals surface area (Å²) in [7, 11) is 0. The molecule has 0 saturated heterocycles. The van der Waals surface area contributed by atoms with Gasteiger partial charge in [-0.1, -0.05) is 84.9 Å². The largest absolute Gasteiger partial charge is 0.417 e. The molecule has 53 heavy (non-hydrogen) atoms. The number of rotatable bonds is 5. The lowest BCUT2D eigenvalue weighted by Gasteiger charge is -2.20. The second-order valence-electron chi connectivity index (χ2n) is 12.2. The summed E-state index contributed by atoms with van der Waals surface area (Å²) in [4.78, 5) is 14.1. The number of nitrogens with zero attached hydrogens (tertiary/aromatic N) is 5. The Balaban J connectivity index is 1.45. The van der Waals surface area contributed by atoms with E-state index in [1.807, 2.05) is 41.0 Å². The van der Waals surface area contributed by atoms with Crippen LogP contribution < -0.4 is 0 Å². The number of benzene rings is 6. The highest BCUT2D eigenvalue weighted by molar-refractivity contribution is 6.09. The first-order valence-corrected chi connectivity index (χ1v) is 16.2. The van der Waals surface area contributed by atoms with Crippen molar-refractivity contribution < 1.29 is 26.3 Å². The third-order valence-corrected chi connectivity index (χ3v) is 8.95. The van der Waals surface area contributed by atoms with Gasteiger partial charge in [-0.3, -0.25) is 0 Å². The van der Waals surface area contributed by atoms with E-state index in [0.29, 0.717) is 39.5 Å². The van der Waals surface area contributed by atoms with Gasteiger partial charge in [0.15, 0.2) is 17.5 Å². The van der Waals surface area contributed by atoms with E-state index in [1.54, 1.807) is 78.9 Å². The van der Waals surface area contributed by atoms with Crippen molar-refractivity contribution in [3.05, 3.63) is 156 Å². The standard InChI is InChI=1S/C42H23F6N5/c43-41(44,45)28-16-18-30(35(22-28)42(46,47)48)33-23-29(53-36-14-8-7-13-31(36)34-21-25(24-49)15-20-37(34)53)17-19-32(33)40-51-38(26-9-3-1-4-10-26)50-39(52-40)27-11-5-2-6-12-27/h1-23H. The smallest absolute Gasteiger partial charge is 0.309 e. The van der Waals surface area contributed by atoms with Crippen LogP contribution in [-0.4, -0.2) is 19.5 Å². The van der Waals surface area contributed by atoms with Crippen LogP contribution in [0, 0.1) is 11.3 Å². The zero-order valence-corrected chi connectivity index (χ0v) is 27.3. The lowest BCUT2D eigenvalue weighted by atomic mass is 9.92. The normalized spacial score (nSPS) is 11.9. The number of para-hydroxylation sites is 1. The predicted octanol–water partition coefficient (Wildman–Crippen LogP) is 11.5. The van der Waals surface area contributed by atoms with Gasteiger partial charge in [0.25, 0.3) is 0 Å². The molecule has 0 radical (unpaired) electrons. The highest BCUT2D eigenvalue weighted by Crippen LogP contribution is 2.45. The lowest BCUT2D eigenvalue weighted by Crippen LogP contribution is -2.12. The fourth-order valence-electron chi connectivity index (χ4n) is 6.53. The Hall–Kier alpha value is -6.80. The molecule has 2 heterocycles. The second-order valence-corrected chi connectivity index (χ2v) is 12.2. The first kappa shape index (κ1) is 33.3. The quantitative estimate of drug-likeness (QED) is 0.167. The minimum atomic E-state index is -5.16. The summed E-state index contributed by atoms with van der Waals surface area (Å²) < 4.78 is 87.8. The monoisotopic (exact) mass is 711 g/mol. The van der Waals surface area contributed by atoms with E-state index in [0.717, 1.165) is 16.8 Å². The van der Waals surface area contributed by atoms with Crippen molar-refractivity contribution in [2.45, 2.75) is 12.4 Å². The van der Waals surface area contributed by atoms with E-state index in [4.69, 9.17) is 9.97 Å². The minimum absolute atomic E-state index is 0.0214. The maximum absolute atomic E-state index is 14.8. The van der Waals surface area contributed by atoms with Gasteiger partial charge in [-0.25, -0.2) is 15.0 Å². The van der Waals surface area contributed by atoms with Crippen LogP contribution in [0.25, 0.3) is 72.8 Å². The molecular formula is C42H23F6N5. The molecule has 0 N–H and O–H groups in total. The highest BCUT2D eigenvalue weighted by Gasteiger charge is 2.39. The van der Waals surface area contributed by atoms with Gasteiger partial charge in [-0.15, -0.1) is 0 Å². The fourth-order valence-corrected chi connectivity index (χ4v) is 6.53. The first-order chi connectivity index (χ1) is 25.5. The van der Waals surface area contributed by atoms with Crippen molar-refractivity contribution in [1.82, 2.24) is 19.5 Å². The maximum atomic E-state index is 14.8. The van der Waals surface area contributed by atoms with Crippen molar-refractivity contribution in [2.75, 3.05) is 0 Å².